The van der Waals surface area contributed by atoms with Crippen LogP contribution in [0.3, 0.4) is 0 Å². The van der Waals surface area contributed by atoms with Crippen LogP contribution in [-0.2, 0) is 16.6 Å². The second-order valence-corrected chi connectivity index (χ2v) is 8.50. The summed E-state index contributed by atoms with van der Waals surface area (Å²) in [5.41, 5.74) is 0.423. The van der Waals surface area contributed by atoms with Crippen molar-refractivity contribution >= 4 is 15.8 Å². The topological polar surface area (TPSA) is 72.3 Å². The molecule has 0 saturated carbocycles. The Morgan fingerprint density at radius 3 is 2.60 bits per heavy atom. The highest BCUT2D eigenvalue weighted by Gasteiger charge is 2.29. The van der Waals surface area contributed by atoms with E-state index in [-0.39, 0.29) is 10.7 Å². The third-order valence-corrected chi connectivity index (χ3v) is 6.73. The van der Waals surface area contributed by atoms with Gasteiger partial charge in [-0.05, 0) is 44.7 Å². The van der Waals surface area contributed by atoms with Crippen molar-refractivity contribution in [3.8, 4) is 0 Å². The zero-order valence-electron chi connectivity index (χ0n) is 14.6. The highest BCUT2D eigenvalue weighted by Crippen LogP contribution is 2.25. The Kier molecular flexibility index (Phi) is 5.06. The molecular formula is C18H23N3O3S. The van der Waals surface area contributed by atoms with E-state index in [1.807, 2.05) is 13.1 Å². The molecule has 0 bridgehead atoms. The fraction of sp³-hybridized carbons (Fsp3) is 0.444. The average Bonchev–Trinajstić information content (AvgIpc) is 3.00. The van der Waals surface area contributed by atoms with Crippen molar-refractivity contribution in [2.24, 2.45) is 5.92 Å². The number of carbonyl (C=O) groups excluding carboxylic acids is 1. The van der Waals surface area contributed by atoms with Crippen molar-refractivity contribution in [3.63, 3.8) is 0 Å². The van der Waals surface area contributed by atoms with E-state index >= 15 is 0 Å². The zero-order chi connectivity index (χ0) is 18.0. The number of sulfonamides is 1. The molecule has 7 heteroatoms. The summed E-state index contributed by atoms with van der Waals surface area (Å²) in [6.45, 7) is 5.30. The molecule has 0 spiro atoms. The number of Topliss-reactive ketones (excluding diaryl/α,β-unsaturated/α-hetero) is 1. The van der Waals surface area contributed by atoms with Crippen molar-refractivity contribution in [1.29, 1.82) is 0 Å². The van der Waals surface area contributed by atoms with Gasteiger partial charge in [0.2, 0.25) is 10.0 Å². The quantitative estimate of drug-likeness (QED) is 0.767. The lowest BCUT2D eigenvalue weighted by Crippen LogP contribution is -2.39. The fourth-order valence-electron chi connectivity index (χ4n) is 3.23. The third kappa shape index (κ3) is 3.82. The summed E-state index contributed by atoms with van der Waals surface area (Å²) in [5, 5.41) is 0. The van der Waals surface area contributed by atoms with E-state index in [1.54, 1.807) is 24.4 Å². The highest BCUT2D eigenvalue weighted by atomic mass is 32.2. The molecule has 6 nitrogen and oxygen atoms in total. The van der Waals surface area contributed by atoms with Crippen LogP contribution in [-0.4, -0.2) is 41.1 Å². The normalized spacial score (nSPS) is 16.9. The number of piperidine rings is 1. The van der Waals surface area contributed by atoms with Crippen LogP contribution in [0.15, 0.2) is 41.6 Å². The minimum absolute atomic E-state index is 0.133. The maximum absolute atomic E-state index is 12.8. The van der Waals surface area contributed by atoms with Gasteiger partial charge in [0, 0.05) is 37.6 Å². The smallest absolute Gasteiger partial charge is 0.243 e. The molecule has 1 saturated heterocycles. The predicted molar refractivity (Wildman–Crippen MR) is 94.9 cm³/mol. The maximum atomic E-state index is 12.8. The lowest BCUT2D eigenvalue weighted by molar-refractivity contribution is 0.101. The molecule has 1 aromatic carbocycles. The van der Waals surface area contributed by atoms with E-state index < -0.39 is 10.0 Å². The van der Waals surface area contributed by atoms with Crippen LogP contribution in [0.5, 0.6) is 0 Å². The van der Waals surface area contributed by atoms with Crippen LogP contribution >= 0.6 is 0 Å². The number of imidazole rings is 1. The van der Waals surface area contributed by atoms with Crippen LogP contribution in [0.4, 0.5) is 0 Å². The van der Waals surface area contributed by atoms with E-state index in [1.165, 1.54) is 17.3 Å². The molecule has 0 radical (unpaired) electrons. The van der Waals surface area contributed by atoms with E-state index in [9.17, 15) is 13.2 Å². The van der Waals surface area contributed by atoms with Crippen molar-refractivity contribution in [2.45, 2.75) is 38.1 Å². The molecule has 25 heavy (non-hydrogen) atoms. The lowest BCUT2D eigenvalue weighted by Gasteiger charge is -2.31. The van der Waals surface area contributed by atoms with Crippen LogP contribution in [0, 0.1) is 12.8 Å². The first-order chi connectivity index (χ1) is 11.9. The van der Waals surface area contributed by atoms with Gasteiger partial charge in [-0.1, -0.05) is 12.1 Å². The number of ketones is 1. The molecule has 1 aliphatic heterocycles. The first-order valence-corrected chi connectivity index (χ1v) is 9.91. The molecule has 0 N–H and O–H groups in total. The van der Waals surface area contributed by atoms with Crippen molar-refractivity contribution in [1.82, 2.24) is 13.9 Å². The Hall–Kier alpha value is -1.99. The Bertz CT molecular complexity index is 865. The number of nitrogens with zero attached hydrogens (tertiary/aromatic N) is 3. The molecule has 1 aliphatic rings. The lowest BCUT2D eigenvalue weighted by atomic mass is 9.98. The van der Waals surface area contributed by atoms with Gasteiger partial charge < -0.3 is 4.57 Å². The van der Waals surface area contributed by atoms with Gasteiger partial charge in [0.15, 0.2) is 5.78 Å². The number of rotatable bonds is 5. The minimum atomic E-state index is -3.55. The number of carbonyl (C=O) groups is 1. The Morgan fingerprint density at radius 1 is 1.28 bits per heavy atom. The van der Waals surface area contributed by atoms with E-state index in [0.717, 1.165) is 25.2 Å². The highest BCUT2D eigenvalue weighted by molar-refractivity contribution is 7.89. The summed E-state index contributed by atoms with van der Waals surface area (Å²) in [5.74, 6) is 1.30. The van der Waals surface area contributed by atoms with E-state index in [2.05, 4.69) is 9.55 Å². The Morgan fingerprint density at radius 2 is 2.00 bits per heavy atom. The second kappa shape index (κ2) is 7.09. The number of aryl methyl sites for hydroxylation is 1. The first-order valence-electron chi connectivity index (χ1n) is 8.47. The molecular weight excluding hydrogens is 338 g/mol. The largest absolute Gasteiger partial charge is 0.335 e. The maximum Gasteiger partial charge on any atom is 0.243 e. The van der Waals surface area contributed by atoms with Crippen molar-refractivity contribution in [2.75, 3.05) is 13.1 Å². The summed E-state index contributed by atoms with van der Waals surface area (Å²) < 4.78 is 29.3. The summed E-state index contributed by atoms with van der Waals surface area (Å²) >= 11 is 0. The minimum Gasteiger partial charge on any atom is -0.335 e. The van der Waals surface area contributed by atoms with Gasteiger partial charge in [-0.2, -0.15) is 4.31 Å². The number of aromatic nitrogens is 2. The van der Waals surface area contributed by atoms with E-state index in [0.29, 0.717) is 24.6 Å². The number of hydrogen-bond acceptors (Lipinski definition) is 4. The molecule has 0 unspecified atom stereocenters. The van der Waals surface area contributed by atoms with Gasteiger partial charge >= 0.3 is 0 Å². The van der Waals surface area contributed by atoms with Crippen molar-refractivity contribution in [3.05, 3.63) is 48.0 Å². The number of benzene rings is 1. The summed E-state index contributed by atoms with van der Waals surface area (Å²) in [6, 6.07) is 6.29. The molecule has 3 rings (SSSR count). The molecule has 1 fully saturated rings. The van der Waals surface area contributed by atoms with Crippen LogP contribution < -0.4 is 0 Å². The summed E-state index contributed by atoms with van der Waals surface area (Å²) in [6.07, 6.45) is 5.40. The molecule has 1 aromatic heterocycles. The van der Waals surface area contributed by atoms with Crippen LogP contribution in [0.25, 0.3) is 0 Å². The molecule has 0 atom stereocenters. The molecule has 0 amide bonds. The predicted octanol–water partition coefficient (Wildman–Crippen LogP) is 2.50. The van der Waals surface area contributed by atoms with Gasteiger partial charge in [-0.25, -0.2) is 13.4 Å². The Labute approximate surface area is 148 Å². The van der Waals surface area contributed by atoms with Gasteiger partial charge in [0.1, 0.15) is 5.82 Å². The SMILES string of the molecule is CC(=O)c1cccc(S(=O)(=O)N2CCC(Cn3ccnc3C)CC2)c1. The second-order valence-electron chi connectivity index (χ2n) is 6.56. The molecule has 2 aromatic rings. The van der Waals surface area contributed by atoms with Crippen molar-refractivity contribution < 1.29 is 13.2 Å². The van der Waals surface area contributed by atoms with Crippen LogP contribution in [0.2, 0.25) is 0 Å². The summed E-state index contributed by atoms with van der Waals surface area (Å²) in [7, 11) is -3.55. The van der Waals surface area contributed by atoms with Crippen LogP contribution in [0.1, 0.15) is 35.9 Å². The Balaban J connectivity index is 1.68. The average molecular weight is 361 g/mol. The third-order valence-electron chi connectivity index (χ3n) is 4.83. The zero-order valence-corrected chi connectivity index (χ0v) is 15.4. The number of hydrogen-bond donors (Lipinski definition) is 0. The summed E-state index contributed by atoms with van der Waals surface area (Å²) in [4.78, 5) is 15.9. The van der Waals surface area contributed by atoms with Gasteiger partial charge in [0.05, 0.1) is 4.90 Å². The molecule has 2 heterocycles. The molecule has 134 valence electrons. The molecule has 0 aliphatic carbocycles. The van der Waals surface area contributed by atoms with Gasteiger partial charge in [-0.3, -0.25) is 4.79 Å². The van der Waals surface area contributed by atoms with Gasteiger partial charge in [0.25, 0.3) is 0 Å². The van der Waals surface area contributed by atoms with Gasteiger partial charge in [-0.15, -0.1) is 0 Å². The fourth-order valence-corrected chi connectivity index (χ4v) is 4.75. The standard InChI is InChI=1S/C18H23N3O3S/c1-14(22)17-4-3-5-18(12-17)25(23,24)21-9-6-16(7-10-21)13-20-11-8-19-15(20)2/h3-5,8,11-12,16H,6-7,9-10,13H2,1-2H3. The first kappa shape index (κ1) is 17.8. The monoisotopic (exact) mass is 361 g/mol. The van der Waals surface area contributed by atoms with E-state index in [4.69, 9.17) is 0 Å².